The van der Waals surface area contributed by atoms with Gasteiger partial charge in [-0.05, 0) is 29.4 Å². The summed E-state index contributed by atoms with van der Waals surface area (Å²) in [6.45, 7) is 17.0. The summed E-state index contributed by atoms with van der Waals surface area (Å²) in [4.78, 5) is 7.00. The highest BCUT2D eigenvalue weighted by Gasteiger charge is 2.36. The molecule has 1 aliphatic heterocycles. The smallest absolute Gasteiger partial charge is 0.0313 e. The van der Waals surface area contributed by atoms with E-state index >= 15 is 0 Å². The second kappa shape index (κ2) is 6.45. The van der Waals surface area contributed by atoms with E-state index in [1.165, 1.54) is 11.1 Å². The van der Waals surface area contributed by atoms with E-state index in [0.717, 1.165) is 19.6 Å². The van der Waals surface area contributed by atoms with Gasteiger partial charge in [0.15, 0.2) is 0 Å². The fourth-order valence-electron chi connectivity index (χ4n) is 3.25. The average molecular weight is 289 g/mol. The molecule has 118 valence electrons. The molecule has 2 unspecified atom stereocenters. The van der Waals surface area contributed by atoms with Gasteiger partial charge in [0.05, 0.1) is 0 Å². The van der Waals surface area contributed by atoms with Gasteiger partial charge in [0.25, 0.3) is 0 Å². The van der Waals surface area contributed by atoms with Gasteiger partial charge in [-0.2, -0.15) is 0 Å². The molecule has 3 heteroatoms. The molecule has 0 saturated carbocycles. The summed E-state index contributed by atoms with van der Waals surface area (Å²) in [7, 11) is 0. The molecule has 1 saturated heterocycles. The van der Waals surface area contributed by atoms with Crippen LogP contribution >= 0.6 is 0 Å². The summed E-state index contributed by atoms with van der Waals surface area (Å²) < 4.78 is 0. The lowest BCUT2D eigenvalue weighted by Gasteiger charge is -2.47. The van der Waals surface area contributed by atoms with Crippen LogP contribution in [0.5, 0.6) is 0 Å². The van der Waals surface area contributed by atoms with E-state index in [1.54, 1.807) is 0 Å². The molecule has 1 aromatic rings. The molecule has 21 heavy (non-hydrogen) atoms. The van der Waals surface area contributed by atoms with Gasteiger partial charge < -0.3 is 5.32 Å². The van der Waals surface area contributed by atoms with Gasteiger partial charge >= 0.3 is 0 Å². The Kier molecular flexibility index (Phi) is 5.05. The second-order valence-corrected chi connectivity index (χ2v) is 7.94. The Balaban J connectivity index is 2.17. The molecule has 0 bridgehead atoms. The van der Waals surface area contributed by atoms with Crippen LogP contribution in [0, 0.1) is 18.3 Å². The van der Waals surface area contributed by atoms with Gasteiger partial charge in [0, 0.05) is 44.1 Å². The van der Waals surface area contributed by atoms with Crippen LogP contribution in [0.15, 0.2) is 18.5 Å². The third-order valence-electron chi connectivity index (χ3n) is 4.57. The quantitative estimate of drug-likeness (QED) is 0.926. The first kappa shape index (κ1) is 16.4. The van der Waals surface area contributed by atoms with E-state index in [9.17, 15) is 0 Å². The van der Waals surface area contributed by atoms with Crippen LogP contribution in [0.1, 0.15) is 45.7 Å². The van der Waals surface area contributed by atoms with E-state index in [2.05, 4.69) is 62.8 Å². The molecule has 2 heterocycles. The third-order valence-corrected chi connectivity index (χ3v) is 4.57. The Labute approximate surface area is 130 Å². The monoisotopic (exact) mass is 289 g/mol. The SMILES string of the molecule is Cc1cncc(CN2CC(C(C)C)NCC2C(C)(C)C)c1. The number of nitrogens with zero attached hydrogens (tertiary/aromatic N) is 2. The Hall–Kier alpha value is -0.930. The van der Waals surface area contributed by atoms with E-state index in [1.807, 2.05) is 12.4 Å². The van der Waals surface area contributed by atoms with Crippen molar-refractivity contribution in [1.29, 1.82) is 0 Å². The standard InChI is InChI=1S/C18H31N3/c1-13(2)16-12-21(17(10-20-16)18(4,5)6)11-15-7-14(3)8-19-9-15/h7-9,13,16-17,20H,10-12H2,1-6H3. The number of rotatable bonds is 3. The zero-order chi connectivity index (χ0) is 15.6. The number of aromatic nitrogens is 1. The Morgan fingerprint density at radius 2 is 2.05 bits per heavy atom. The van der Waals surface area contributed by atoms with E-state index in [-0.39, 0.29) is 5.41 Å². The van der Waals surface area contributed by atoms with Gasteiger partial charge in [-0.15, -0.1) is 0 Å². The molecule has 0 aromatic carbocycles. The summed E-state index contributed by atoms with van der Waals surface area (Å²) in [5, 5.41) is 3.75. The molecule has 0 spiro atoms. The van der Waals surface area contributed by atoms with Crippen LogP contribution in [0.2, 0.25) is 0 Å². The van der Waals surface area contributed by atoms with Crippen molar-refractivity contribution >= 4 is 0 Å². The molecule has 0 aliphatic carbocycles. The molecule has 2 rings (SSSR count). The van der Waals surface area contributed by atoms with Crippen molar-refractivity contribution in [2.75, 3.05) is 13.1 Å². The molecule has 1 aliphatic rings. The largest absolute Gasteiger partial charge is 0.311 e. The predicted octanol–water partition coefficient (Wildman–Crippen LogP) is 3.23. The van der Waals surface area contributed by atoms with Crippen LogP contribution in [0.4, 0.5) is 0 Å². The zero-order valence-corrected chi connectivity index (χ0v) is 14.5. The van der Waals surface area contributed by atoms with Crippen LogP contribution in [0.25, 0.3) is 0 Å². The maximum absolute atomic E-state index is 4.35. The summed E-state index contributed by atoms with van der Waals surface area (Å²) in [6.07, 6.45) is 3.94. The summed E-state index contributed by atoms with van der Waals surface area (Å²) >= 11 is 0. The lowest BCUT2D eigenvalue weighted by molar-refractivity contribution is 0.0399. The van der Waals surface area contributed by atoms with Gasteiger partial charge in [-0.25, -0.2) is 0 Å². The Morgan fingerprint density at radius 1 is 1.33 bits per heavy atom. The van der Waals surface area contributed by atoms with Crippen molar-refractivity contribution in [1.82, 2.24) is 15.2 Å². The van der Waals surface area contributed by atoms with Crippen LogP contribution in [-0.2, 0) is 6.54 Å². The van der Waals surface area contributed by atoms with E-state index < -0.39 is 0 Å². The van der Waals surface area contributed by atoms with Crippen LogP contribution in [-0.4, -0.2) is 35.1 Å². The minimum absolute atomic E-state index is 0.284. The highest BCUT2D eigenvalue weighted by Crippen LogP contribution is 2.28. The first-order valence-electron chi connectivity index (χ1n) is 8.15. The summed E-state index contributed by atoms with van der Waals surface area (Å²) in [6, 6.07) is 3.41. The topological polar surface area (TPSA) is 28.2 Å². The summed E-state index contributed by atoms with van der Waals surface area (Å²) in [5.41, 5.74) is 2.86. The average Bonchev–Trinajstić information content (AvgIpc) is 2.37. The predicted molar refractivity (Wildman–Crippen MR) is 89.3 cm³/mol. The minimum Gasteiger partial charge on any atom is -0.311 e. The molecule has 1 aromatic heterocycles. The fraction of sp³-hybridized carbons (Fsp3) is 0.722. The summed E-state index contributed by atoms with van der Waals surface area (Å²) in [5.74, 6) is 0.670. The van der Waals surface area contributed by atoms with Crippen LogP contribution in [0.3, 0.4) is 0 Å². The lowest BCUT2D eigenvalue weighted by Crippen LogP contribution is -2.61. The molecule has 0 radical (unpaired) electrons. The first-order valence-corrected chi connectivity index (χ1v) is 8.15. The molecule has 3 nitrogen and oxygen atoms in total. The molecular formula is C18H31N3. The molecule has 0 amide bonds. The fourth-order valence-corrected chi connectivity index (χ4v) is 3.25. The number of piperazine rings is 1. The Morgan fingerprint density at radius 3 is 2.62 bits per heavy atom. The van der Waals surface area contributed by atoms with Crippen molar-refractivity contribution in [2.24, 2.45) is 11.3 Å². The van der Waals surface area contributed by atoms with Gasteiger partial charge in [-0.1, -0.05) is 40.7 Å². The van der Waals surface area contributed by atoms with E-state index in [0.29, 0.717) is 18.0 Å². The number of aryl methyl sites for hydroxylation is 1. The van der Waals surface area contributed by atoms with Gasteiger partial charge in [0.1, 0.15) is 0 Å². The van der Waals surface area contributed by atoms with Crippen molar-refractivity contribution in [2.45, 2.75) is 60.2 Å². The Bertz CT molecular complexity index is 462. The highest BCUT2D eigenvalue weighted by atomic mass is 15.2. The number of hydrogen-bond acceptors (Lipinski definition) is 3. The molecule has 1 fully saturated rings. The lowest BCUT2D eigenvalue weighted by atomic mass is 9.83. The first-order chi connectivity index (χ1) is 9.77. The number of hydrogen-bond donors (Lipinski definition) is 1. The van der Waals surface area contributed by atoms with Gasteiger partial charge in [0.2, 0.25) is 0 Å². The molecule has 2 atom stereocenters. The highest BCUT2D eigenvalue weighted by molar-refractivity contribution is 5.17. The van der Waals surface area contributed by atoms with Crippen molar-refractivity contribution in [3.8, 4) is 0 Å². The maximum Gasteiger partial charge on any atom is 0.0313 e. The second-order valence-electron chi connectivity index (χ2n) is 7.94. The normalized spacial score (nSPS) is 24.5. The molecule has 1 N–H and O–H groups in total. The van der Waals surface area contributed by atoms with Gasteiger partial charge in [-0.3, -0.25) is 9.88 Å². The molecular weight excluding hydrogens is 258 g/mol. The van der Waals surface area contributed by atoms with Crippen molar-refractivity contribution in [3.05, 3.63) is 29.6 Å². The van der Waals surface area contributed by atoms with Crippen LogP contribution < -0.4 is 5.32 Å². The third kappa shape index (κ3) is 4.27. The number of pyridine rings is 1. The maximum atomic E-state index is 4.35. The number of nitrogens with one attached hydrogen (secondary N) is 1. The van der Waals surface area contributed by atoms with Crippen molar-refractivity contribution in [3.63, 3.8) is 0 Å². The zero-order valence-electron chi connectivity index (χ0n) is 14.5. The minimum atomic E-state index is 0.284. The van der Waals surface area contributed by atoms with Crippen molar-refractivity contribution < 1.29 is 0 Å². The van der Waals surface area contributed by atoms with E-state index in [4.69, 9.17) is 0 Å².